The van der Waals surface area contributed by atoms with Crippen molar-refractivity contribution < 1.29 is 19.4 Å². The molecule has 0 saturated carbocycles. The first-order chi connectivity index (χ1) is 12.9. The molecule has 2 atom stereocenters. The number of methoxy groups -OCH3 is 1. The lowest BCUT2D eigenvalue weighted by molar-refractivity contribution is -0.141. The van der Waals surface area contributed by atoms with E-state index in [1.54, 1.807) is 6.07 Å². The fraction of sp³-hybridized carbons (Fsp3) is 0.579. The van der Waals surface area contributed by atoms with E-state index in [2.05, 4.69) is 10.2 Å². The van der Waals surface area contributed by atoms with Crippen LogP contribution in [0.25, 0.3) is 0 Å². The third-order valence-corrected chi connectivity index (χ3v) is 5.98. The number of carboxylic acid groups (broad SMARTS) is 1. The van der Waals surface area contributed by atoms with Crippen molar-refractivity contribution in [2.45, 2.75) is 44.2 Å². The number of carbonyl (C=O) groups excluding carboxylic acids is 1. The number of benzene rings is 1. The van der Waals surface area contributed by atoms with Crippen LogP contribution in [0.2, 0.25) is 5.02 Å². The summed E-state index contributed by atoms with van der Waals surface area (Å²) in [5.41, 5.74) is 6.49. The normalized spacial score (nSPS) is 25.0. The largest absolute Gasteiger partial charge is 0.496 e. The predicted molar refractivity (Wildman–Crippen MR) is 103 cm³/mol. The predicted octanol–water partition coefficient (Wildman–Crippen LogP) is 2.38. The molecular formula is C19H26ClN3O4. The molecule has 0 radical (unpaired) electrons. The molecule has 2 aliphatic rings. The summed E-state index contributed by atoms with van der Waals surface area (Å²) < 4.78 is 5.24. The number of anilines is 1. The number of nitrogens with one attached hydrogen (secondary N) is 1. The standard InChI is InChI=1S/C19H26ClN3O4/c1-27-17-8-16(21)15(20)7-14(17)19(26)22-9-11-5-12-3-2-4-13(6-11)23(12)10-18(24)25/h7-8,11-13H,2-6,9-10,21H2,1H3,(H,22,26)(H,24,25). The van der Waals surface area contributed by atoms with E-state index in [0.717, 1.165) is 32.1 Å². The average Bonchev–Trinajstić information content (AvgIpc) is 2.61. The van der Waals surface area contributed by atoms with Crippen LogP contribution in [0, 0.1) is 5.92 Å². The van der Waals surface area contributed by atoms with Gasteiger partial charge in [0, 0.05) is 24.7 Å². The van der Waals surface area contributed by atoms with Crippen molar-refractivity contribution >= 4 is 29.2 Å². The fourth-order valence-corrected chi connectivity index (χ4v) is 4.58. The number of nitrogen functional groups attached to an aromatic ring is 1. The molecule has 8 heteroatoms. The zero-order valence-electron chi connectivity index (χ0n) is 15.4. The van der Waals surface area contributed by atoms with E-state index in [1.165, 1.54) is 13.2 Å². The van der Waals surface area contributed by atoms with Crippen LogP contribution in [0.15, 0.2) is 12.1 Å². The molecule has 1 aromatic rings. The maximum Gasteiger partial charge on any atom is 0.317 e. The first-order valence-electron chi connectivity index (χ1n) is 9.27. The minimum atomic E-state index is -0.772. The van der Waals surface area contributed by atoms with E-state index in [1.807, 2.05) is 0 Å². The summed E-state index contributed by atoms with van der Waals surface area (Å²) in [6.07, 6.45) is 5.00. The number of nitrogens with zero attached hydrogens (tertiary/aromatic N) is 1. The van der Waals surface area contributed by atoms with Crippen LogP contribution in [0.3, 0.4) is 0 Å². The van der Waals surface area contributed by atoms with Gasteiger partial charge in [-0.05, 0) is 37.7 Å². The van der Waals surface area contributed by atoms with E-state index in [-0.39, 0.29) is 24.5 Å². The fourth-order valence-electron chi connectivity index (χ4n) is 4.42. The van der Waals surface area contributed by atoms with Crippen molar-refractivity contribution in [1.29, 1.82) is 0 Å². The molecule has 1 amide bonds. The Morgan fingerprint density at radius 3 is 2.59 bits per heavy atom. The molecule has 2 aliphatic heterocycles. The summed E-state index contributed by atoms with van der Waals surface area (Å²) in [5.74, 6) is -0.287. The average molecular weight is 396 g/mol. The lowest BCUT2D eigenvalue weighted by Gasteiger charge is -2.48. The zero-order valence-corrected chi connectivity index (χ0v) is 16.2. The molecule has 0 aliphatic carbocycles. The van der Waals surface area contributed by atoms with Crippen LogP contribution in [0.5, 0.6) is 5.75 Å². The van der Waals surface area contributed by atoms with Gasteiger partial charge in [0.2, 0.25) is 0 Å². The van der Waals surface area contributed by atoms with Gasteiger partial charge >= 0.3 is 5.97 Å². The van der Waals surface area contributed by atoms with Crippen LogP contribution in [0.4, 0.5) is 5.69 Å². The maximum atomic E-state index is 12.6. The summed E-state index contributed by atoms with van der Waals surface area (Å²) in [5, 5.41) is 12.4. The Bertz CT molecular complexity index is 713. The molecule has 7 nitrogen and oxygen atoms in total. The van der Waals surface area contributed by atoms with Crippen molar-refractivity contribution in [3.63, 3.8) is 0 Å². The highest BCUT2D eigenvalue weighted by atomic mass is 35.5. The van der Waals surface area contributed by atoms with E-state index in [9.17, 15) is 9.59 Å². The molecule has 0 aromatic heterocycles. The summed E-state index contributed by atoms with van der Waals surface area (Å²) in [6.45, 7) is 0.660. The highest BCUT2D eigenvalue weighted by Crippen LogP contribution is 2.36. The van der Waals surface area contributed by atoms with Crippen molar-refractivity contribution in [3.05, 3.63) is 22.7 Å². The molecule has 0 spiro atoms. The molecule has 1 aromatic carbocycles. The highest BCUT2D eigenvalue weighted by molar-refractivity contribution is 6.33. The molecule has 148 valence electrons. The minimum Gasteiger partial charge on any atom is -0.496 e. The van der Waals surface area contributed by atoms with Gasteiger partial charge in [-0.25, -0.2) is 0 Å². The third kappa shape index (κ3) is 4.47. The number of hydrogen-bond acceptors (Lipinski definition) is 5. The van der Waals surface area contributed by atoms with E-state index < -0.39 is 5.97 Å². The summed E-state index contributed by atoms with van der Waals surface area (Å²) in [6, 6.07) is 3.65. The number of hydrogen-bond donors (Lipinski definition) is 3. The van der Waals surface area contributed by atoms with Crippen molar-refractivity contribution in [3.8, 4) is 5.75 Å². The van der Waals surface area contributed by atoms with Gasteiger partial charge in [0.1, 0.15) is 5.75 Å². The molecule has 27 heavy (non-hydrogen) atoms. The topological polar surface area (TPSA) is 105 Å². The lowest BCUT2D eigenvalue weighted by Crippen LogP contribution is -2.54. The van der Waals surface area contributed by atoms with Gasteiger partial charge in [-0.1, -0.05) is 18.0 Å². The number of aliphatic carboxylic acids is 1. The number of carboxylic acids is 1. The number of nitrogens with two attached hydrogens (primary N) is 1. The summed E-state index contributed by atoms with van der Waals surface area (Å²) in [7, 11) is 1.48. The first-order valence-corrected chi connectivity index (χ1v) is 9.65. The Hall–Kier alpha value is -1.99. The van der Waals surface area contributed by atoms with Crippen LogP contribution in [0.1, 0.15) is 42.5 Å². The van der Waals surface area contributed by atoms with Gasteiger partial charge in [-0.2, -0.15) is 0 Å². The number of rotatable bonds is 6. The highest BCUT2D eigenvalue weighted by Gasteiger charge is 2.39. The second kappa shape index (κ2) is 8.35. The Morgan fingerprint density at radius 1 is 1.33 bits per heavy atom. The van der Waals surface area contributed by atoms with Gasteiger partial charge in [0.05, 0.1) is 29.9 Å². The van der Waals surface area contributed by atoms with Crippen molar-refractivity contribution in [2.24, 2.45) is 5.92 Å². The second-order valence-corrected chi connectivity index (χ2v) is 7.83. The van der Waals surface area contributed by atoms with Crippen LogP contribution in [-0.4, -0.2) is 54.2 Å². The Kier molecular flexibility index (Phi) is 6.11. The zero-order chi connectivity index (χ0) is 19.6. The minimum absolute atomic E-state index is 0.107. The van der Waals surface area contributed by atoms with Gasteiger partial charge in [-0.15, -0.1) is 0 Å². The molecule has 2 unspecified atom stereocenters. The third-order valence-electron chi connectivity index (χ3n) is 5.66. The molecule has 2 heterocycles. The number of fused-ring (bicyclic) bond motifs is 2. The second-order valence-electron chi connectivity index (χ2n) is 7.43. The SMILES string of the molecule is COc1cc(N)c(Cl)cc1C(=O)NCC1CC2CCCC(C1)N2CC(=O)O. The number of halogens is 1. The van der Waals surface area contributed by atoms with Crippen molar-refractivity contribution in [1.82, 2.24) is 10.2 Å². The van der Waals surface area contributed by atoms with E-state index >= 15 is 0 Å². The van der Waals surface area contributed by atoms with Crippen LogP contribution < -0.4 is 15.8 Å². The smallest absolute Gasteiger partial charge is 0.317 e. The number of carbonyl (C=O) groups is 2. The number of ether oxygens (including phenoxy) is 1. The van der Waals surface area contributed by atoms with Gasteiger partial charge in [0.25, 0.3) is 5.91 Å². The summed E-state index contributed by atoms with van der Waals surface area (Å²) >= 11 is 6.04. The molecule has 3 rings (SSSR count). The van der Waals surface area contributed by atoms with E-state index in [4.69, 9.17) is 27.2 Å². The Labute approximate surface area is 163 Å². The molecule has 4 N–H and O–H groups in total. The van der Waals surface area contributed by atoms with Crippen molar-refractivity contribution in [2.75, 3.05) is 25.9 Å². The Morgan fingerprint density at radius 2 is 2.00 bits per heavy atom. The van der Waals surface area contributed by atoms with Gasteiger partial charge in [-0.3, -0.25) is 14.5 Å². The first kappa shape index (κ1) is 19.8. The maximum absolute atomic E-state index is 12.6. The quantitative estimate of drug-likeness (QED) is 0.639. The van der Waals surface area contributed by atoms with Gasteiger partial charge in [0.15, 0.2) is 0 Å². The molecule has 2 fully saturated rings. The van der Waals surface area contributed by atoms with Gasteiger partial charge < -0.3 is 20.9 Å². The number of amides is 1. The monoisotopic (exact) mass is 395 g/mol. The van der Waals surface area contributed by atoms with Crippen LogP contribution in [-0.2, 0) is 4.79 Å². The molecular weight excluding hydrogens is 370 g/mol. The molecule has 2 saturated heterocycles. The Balaban J connectivity index is 1.62. The lowest BCUT2D eigenvalue weighted by atomic mass is 9.78. The van der Waals surface area contributed by atoms with Crippen LogP contribution >= 0.6 is 11.6 Å². The van der Waals surface area contributed by atoms with E-state index in [0.29, 0.717) is 34.5 Å². The number of piperidine rings is 2. The molecule has 2 bridgehead atoms. The summed E-state index contributed by atoms with van der Waals surface area (Å²) in [4.78, 5) is 25.9.